The Balaban J connectivity index is 2.53. The van der Waals surface area contributed by atoms with Crippen LogP contribution in [-0.4, -0.2) is 6.29 Å². The largest absolute Gasteiger partial charge is 0.298 e. The summed E-state index contributed by atoms with van der Waals surface area (Å²) in [5.41, 5.74) is 4.46. The van der Waals surface area contributed by atoms with Crippen molar-refractivity contribution in [3.05, 3.63) is 53.6 Å². The molecule has 1 aromatic carbocycles. The highest BCUT2D eigenvalue weighted by Crippen LogP contribution is 2.35. The minimum Gasteiger partial charge on any atom is -0.298 e. The quantitative estimate of drug-likeness (QED) is 0.678. The number of carbonyl (C=O) groups is 1. The average molecular weight is 198 g/mol. The van der Waals surface area contributed by atoms with E-state index in [-0.39, 0.29) is 0 Å². The number of carbonyl (C=O) groups excluding carboxylic acids is 1. The summed E-state index contributed by atoms with van der Waals surface area (Å²) in [7, 11) is 0. The highest BCUT2D eigenvalue weighted by atomic mass is 16.1. The van der Waals surface area contributed by atoms with E-state index in [1.54, 1.807) is 0 Å². The van der Waals surface area contributed by atoms with E-state index < -0.39 is 0 Å². The number of aldehydes is 1. The molecule has 0 aliphatic heterocycles. The van der Waals surface area contributed by atoms with E-state index in [2.05, 4.69) is 6.58 Å². The fourth-order valence-corrected chi connectivity index (χ4v) is 2.17. The smallest absolute Gasteiger partial charge is 0.150 e. The number of rotatable bonds is 3. The van der Waals surface area contributed by atoms with Gasteiger partial charge < -0.3 is 0 Å². The van der Waals surface area contributed by atoms with Crippen LogP contribution in [0.25, 0.3) is 5.57 Å². The van der Waals surface area contributed by atoms with Gasteiger partial charge in [0.2, 0.25) is 0 Å². The van der Waals surface area contributed by atoms with Crippen LogP contribution in [0.15, 0.2) is 42.5 Å². The Hall–Kier alpha value is -1.63. The van der Waals surface area contributed by atoms with Gasteiger partial charge in [0.25, 0.3) is 0 Å². The second-order valence-electron chi connectivity index (χ2n) is 3.77. The van der Waals surface area contributed by atoms with Crippen LogP contribution < -0.4 is 0 Å². The topological polar surface area (TPSA) is 17.1 Å². The standard InChI is InChI=1S/C14H14O/c1-2-11-7-5-9-13(11)14-8-4-3-6-12(14)10-15/h2-4,6,8,10H,1,5,7,9H2. The number of hydrogen-bond acceptors (Lipinski definition) is 1. The molecular weight excluding hydrogens is 184 g/mol. The normalized spacial score (nSPS) is 15.5. The molecule has 0 saturated heterocycles. The van der Waals surface area contributed by atoms with E-state index >= 15 is 0 Å². The van der Waals surface area contributed by atoms with Gasteiger partial charge in [0, 0.05) is 5.56 Å². The highest BCUT2D eigenvalue weighted by Gasteiger charge is 2.15. The Bertz CT molecular complexity index is 427. The lowest BCUT2D eigenvalue weighted by Crippen LogP contribution is -1.91. The van der Waals surface area contributed by atoms with Crippen molar-refractivity contribution in [2.75, 3.05) is 0 Å². The predicted octanol–water partition coefficient (Wildman–Crippen LogP) is 3.62. The van der Waals surface area contributed by atoms with Gasteiger partial charge in [-0.25, -0.2) is 0 Å². The molecule has 0 heterocycles. The fraction of sp³-hybridized carbons (Fsp3) is 0.214. The second kappa shape index (κ2) is 4.26. The molecule has 1 heteroatoms. The summed E-state index contributed by atoms with van der Waals surface area (Å²) in [5.74, 6) is 0. The molecule has 0 atom stereocenters. The summed E-state index contributed by atoms with van der Waals surface area (Å²) in [6.45, 7) is 3.83. The maximum absolute atomic E-state index is 10.9. The van der Waals surface area contributed by atoms with Gasteiger partial charge >= 0.3 is 0 Å². The zero-order valence-corrected chi connectivity index (χ0v) is 8.70. The third kappa shape index (κ3) is 1.78. The highest BCUT2D eigenvalue weighted by molar-refractivity contribution is 5.87. The minimum atomic E-state index is 0.786. The Morgan fingerprint density at radius 1 is 1.20 bits per heavy atom. The van der Waals surface area contributed by atoms with Crippen LogP contribution in [0, 0.1) is 0 Å². The molecule has 1 nitrogen and oxygen atoms in total. The maximum Gasteiger partial charge on any atom is 0.150 e. The Labute approximate surface area is 90.1 Å². The molecule has 0 aromatic heterocycles. The third-order valence-electron chi connectivity index (χ3n) is 2.92. The van der Waals surface area contributed by atoms with E-state index in [4.69, 9.17) is 0 Å². The molecule has 2 rings (SSSR count). The van der Waals surface area contributed by atoms with Crippen molar-refractivity contribution in [3.8, 4) is 0 Å². The lowest BCUT2D eigenvalue weighted by Gasteiger charge is -2.07. The Kier molecular flexibility index (Phi) is 2.82. The Morgan fingerprint density at radius 2 is 2.00 bits per heavy atom. The van der Waals surface area contributed by atoms with Crippen molar-refractivity contribution in [2.45, 2.75) is 19.3 Å². The van der Waals surface area contributed by atoms with Crippen LogP contribution in [0.3, 0.4) is 0 Å². The molecule has 76 valence electrons. The summed E-state index contributed by atoms with van der Waals surface area (Å²) in [4.78, 5) is 10.9. The second-order valence-corrected chi connectivity index (χ2v) is 3.77. The molecule has 0 N–H and O–H groups in total. The van der Waals surface area contributed by atoms with Gasteiger partial charge in [-0.1, -0.05) is 36.9 Å². The maximum atomic E-state index is 10.9. The Morgan fingerprint density at radius 3 is 2.73 bits per heavy atom. The van der Waals surface area contributed by atoms with Crippen LogP contribution in [-0.2, 0) is 0 Å². The first-order valence-corrected chi connectivity index (χ1v) is 5.26. The van der Waals surface area contributed by atoms with Crippen molar-refractivity contribution in [3.63, 3.8) is 0 Å². The van der Waals surface area contributed by atoms with Crippen LogP contribution in [0.2, 0.25) is 0 Å². The molecule has 1 aliphatic carbocycles. The summed E-state index contributed by atoms with van der Waals surface area (Å²) < 4.78 is 0. The molecule has 15 heavy (non-hydrogen) atoms. The molecule has 0 spiro atoms. The zero-order chi connectivity index (χ0) is 10.7. The van der Waals surface area contributed by atoms with Crippen molar-refractivity contribution in [1.29, 1.82) is 0 Å². The van der Waals surface area contributed by atoms with E-state index in [0.717, 1.165) is 30.3 Å². The van der Waals surface area contributed by atoms with Crippen LogP contribution >= 0.6 is 0 Å². The lowest BCUT2D eigenvalue weighted by molar-refractivity contribution is 0.112. The summed E-state index contributed by atoms with van der Waals surface area (Å²) in [5, 5.41) is 0. The van der Waals surface area contributed by atoms with Gasteiger partial charge in [0.15, 0.2) is 6.29 Å². The third-order valence-corrected chi connectivity index (χ3v) is 2.92. The van der Waals surface area contributed by atoms with Crippen LogP contribution in [0.1, 0.15) is 35.2 Å². The summed E-state index contributed by atoms with van der Waals surface area (Å²) in [6.07, 6.45) is 6.17. The molecule has 0 unspecified atom stereocenters. The summed E-state index contributed by atoms with van der Waals surface area (Å²) >= 11 is 0. The molecule has 0 saturated carbocycles. The first kappa shape index (κ1) is 9.91. The number of benzene rings is 1. The lowest BCUT2D eigenvalue weighted by atomic mass is 9.97. The summed E-state index contributed by atoms with van der Waals surface area (Å²) in [6, 6.07) is 7.77. The molecular formula is C14H14O. The van der Waals surface area contributed by atoms with E-state index in [0.29, 0.717) is 0 Å². The zero-order valence-electron chi connectivity index (χ0n) is 8.70. The van der Waals surface area contributed by atoms with Gasteiger partial charge in [0.05, 0.1) is 0 Å². The first-order chi connectivity index (χ1) is 7.36. The molecule has 0 amide bonds. The molecule has 0 bridgehead atoms. The van der Waals surface area contributed by atoms with Gasteiger partial charge in [-0.2, -0.15) is 0 Å². The van der Waals surface area contributed by atoms with Crippen molar-refractivity contribution < 1.29 is 4.79 Å². The molecule has 0 radical (unpaired) electrons. The monoisotopic (exact) mass is 198 g/mol. The average Bonchev–Trinajstić information content (AvgIpc) is 2.76. The van der Waals surface area contributed by atoms with Crippen molar-refractivity contribution in [1.82, 2.24) is 0 Å². The number of hydrogen-bond donors (Lipinski definition) is 0. The SMILES string of the molecule is C=CC1=C(c2ccccc2C=O)CCC1. The van der Waals surface area contributed by atoms with Gasteiger partial charge in [0.1, 0.15) is 0 Å². The molecule has 0 fully saturated rings. The van der Waals surface area contributed by atoms with Crippen LogP contribution in [0.4, 0.5) is 0 Å². The van der Waals surface area contributed by atoms with E-state index in [9.17, 15) is 4.79 Å². The molecule has 1 aromatic rings. The predicted molar refractivity (Wildman–Crippen MR) is 62.8 cm³/mol. The van der Waals surface area contributed by atoms with Crippen molar-refractivity contribution in [2.24, 2.45) is 0 Å². The van der Waals surface area contributed by atoms with E-state index in [1.165, 1.54) is 17.6 Å². The van der Waals surface area contributed by atoms with Crippen molar-refractivity contribution >= 4 is 11.9 Å². The fourth-order valence-electron chi connectivity index (χ4n) is 2.17. The van der Waals surface area contributed by atoms with Gasteiger partial charge in [-0.3, -0.25) is 4.79 Å². The molecule has 1 aliphatic rings. The van der Waals surface area contributed by atoms with E-state index in [1.807, 2.05) is 30.3 Å². The first-order valence-electron chi connectivity index (χ1n) is 5.26. The van der Waals surface area contributed by atoms with Gasteiger partial charge in [-0.15, -0.1) is 0 Å². The van der Waals surface area contributed by atoms with Gasteiger partial charge in [-0.05, 0) is 36.0 Å². The number of allylic oxidation sites excluding steroid dienone is 3. The minimum absolute atomic E-state index is 0.786. The van der Waals surface area contributed by atoms with Crippen LogP contribution in [0.5, 0.6) is 0 Å².